The van der Waals surface area contributed by atoms with Crippen LogP contribution < -0.4 is 9.80 Å². The maximum absolute atomic E-state index is 13.0. The van der Waals surface area contributed by atoms with E-state index in [0.29, 0.717) is 204 Å². The van der Waals surface area contributed by atoms with Crippen LogP contribution in [0.2, 0.25) is 0 Å². The number of imide groups is 1. The number of benzene rings is 2. The van der Waals surface area contributed by atoms with Crippen molar-refractivity contribution >= 4 is 55.0 Å². The van der Waals surface area contributed by atoms with Crippen LogP contribution in [0, 0.1) is 5.41 Å². The Hall–Kier alpha value is -4.99. The summed E-state index contributed by atoms with van der Waals surface area (Å²) >= 11 is 0. The number of methoxy groups -OCH3 is 2. The van der Waals surface area contributed by atoms with Crippen molar-refractivity contribution in [3.63, 3.8) is 0 Å². The third-order valence-corrected chi connectivity index (χ3v) is 15.7. The Morgan fingerprint density at radius 2 is 1.11 bits per heavy atom. The molecule has 0 spiro atoms. The Bertz CT molecular complexity index is 2720. The number of hydroxylamine groups is 2. The summed E-state index contributed by atoms with van der Waals surface area (Å²) in [5.41, 5.74) is 2.03. The minimum absolute atomic E-state index is 0.0213. The van der Waals surface area contributed by atoms with E-state index >= 15 is 0 Å². The van der Waals surface area contributed by atoms with E-state index in [4.69, 9.17) is 61.7 Å². The van der Waals surface area contributed by atoms with Gasteiger partial charge < -0.3 is 76.6 Å². The molecule has 0 bridgehead atoms. The summed E-state index contributed by atoms with van der Waals surface area (Å²) in [7, 11) is -5.85. The quantitative estimate of drug-likeness (QED) is 0.0296. The fourth-order valence-corrected chi connectivity index (χ4v) is 10.3. The van der Waals surface area contributed by atoms with Crippen LogP contribution in [-0.2, 0) is 102 Å². The van der Waals surface area contributed by atoms with E-state index in [0.717, 1.165) is 0 Å². The molecule has 2 aromatic rings. The first-order chi connectivity index (χ1) is 43.1. The number of phenolic OH excluding ortho intramolecular Hbond substituents is 1. The number of rotatable bonds is 51. The maximum atomic E-state index is 13.0. The van der Waals surface area contributed by atoms with Crippen molar-refractivity contribution in [1.82, 2.24) is 5.06 Å². The molecule has 2 amide bonds. The first-order valence-corrected chi connectivity index (χ1v) is 33.5. The minimum atomic E-state index is -4.71. The summed E-state index contributed by atoms with van der Waals surface area (Å²) < 4.78 is 135. The zero-order chi connectivity index (χ0) is 65.7. The first-order valence-electron chi connectivity index (χ1n) is 30.4. The Kier molecular flexibility index (Phi) is 36.4. The van der Waals surface area contributed by atoms with Gasteiger partial charge in [0.05, 0.1) is 156 Å². The molecule has 2 heterocycles. The molecule has 1 fully saturated rings. The van der Waals surface area contributed by atoms with Crippen molar-refractivity contribution in [2.24, 2.45) is 5.41 Å². The fraction of sp³-hybridized carbons (Fsp3) is 0.661. The van der Waals surface area contributed by atoms with E-state index in [2.05, 4.69) is 20.8 Å². The van der Waals surface area contributed by atoms with Crippen LogP contribution in [0.25, 0.3) is 5.57 Å². The number of amides is 2. The lowest BCUT2D eigenvalue weighted by atomic mass is 9.77. The smallest absolute Gasteiger partial charge is 0.333 e. The van der Waals surface area contributed by atoms with Crippen molar-refractivity contribution in [2.75, 3.05) is 195 Å². The highest BCUT2D eigenvalue weighted by Crippen LogP contribution is 2.51. The number of phenols is 1. The lowest BCUT2D eigenvalue weighted by molar-refractivity contribution is -0.197. The number of hydrogen-bond donors (Lipinski definition) is 3. The molecular formula is C62H97N3O23S2. The molecule has 3 N–H and O–H groups in total. The van der Waals surface area contributed by atoms with Crippen LogP contribution in [0.5, 0.6) is 5.75 Å². The average Bonchev–Trinajstić information content (AvgIpc) is 1.59. The SMILES string of the molecule is COCCOCCOCCOCCOCCOCCN(CCOCCOCCOCCOCCOCCOC)c1ccc(C(=C\CC(C)(C)C)/C=C/C=C2\N(CCCS(=O)(=O)O)c3ccc(S(=O)(=O)O)cc3C2(C)CCCC(=O)ON2C(=O)CCC2=O)c(O)c1. The summed E-state index contributed by atoms with van der Waals surface area (Å²) in [4.78, 5) is 46.0. The fourth-order valence-electron chi connectivity index (χ4n) is 9.35. The number of ether oxygens (including phenoxy) is 12. The molecule has 0 aromatic heterocycles. The molecule has 28 heteroatoms. The van der Waals surface area contributed by atoms with Crippen LogP contribution in [0.3, 0.4) is 0 Å². The largest absolute Gasteiger partial charge is 0.507 e. The van der Waals surface area contributed by atoms with Gasteiger partial charge in [-0.25, -0.2) is 4.79 Å². The second-order valence-electron chi connectivity index (χ2n) is 22.3. The number of aromatic hydroxyl groups is 1. The van der Waals surface area contributed by atoms with Gasteiger partial charge in [-0.15, -0.1) is 5.06 Å². The number of hydrogen-bond acceptors (Lipinski definition) is 23. The molecule has 2 aliphatic heterocycles. The Balaban J connectivity index is 1.51. The Morgan fingerprint density at radius 1 is 0.644 bits per heavy atom. The van der Waals surface area contributed by atoms with E-state index < -0.39 is 54.1 Å². The van der Waals surface area contributed by atoms with Crippen LogP contribution in [0.4, 0.5) is 11.4 Å². The zero-order valence-corrected chi connectivity index (χ0v) is 54.9. The molecule has 4 rings (SSSR count). The molecule has 1 saturated heterocycles. The van der Waals surface area contributed by atoms with Gasteiger partial charge in [-0.2, -0.15) is 16.8 Å². The van der Waals surface area contributed by atoms with E-state index in [1.54, 1.807) is 37.3 Å². The van der Waals surface area contributed by atoms with Crippen LogP contribution in [0.1, 0.15) is 83.8 Å². The summed E-state index contributed by atoms with van der Waals surface area (Å²) in [5, 5.41) is 12.4. The van der Waals surface area contributed by atoms with Crippen molar-refractivity contribution < 1.29 is 107 Å². The normalized spacial score (nSPS) is 16.2. The number of nitrogens with zero attached hydrogens (tertiary/aromatic N) is 3. The molecule has 1 unspecified atom stereocenters. The molecule has 1 atom stereocenters. The van der Waals surface area contributed by atoms with Gasteiger partial charge in [-0.3, -0.25) is 18.7 Å². The van der Waals surface area contributed by atoms with Crippen molar-refractivity contribution in [2.45, 2.75) is 83.0 Å². The Morgan fingerprint density at radius 3 is 1.54 bits per heavy atom. The van der Waals surface area contributed by atoms with Gasteiger partial charge in [0.25, 0.3) is 32.1 Å². The predicted molar refractivity (Wildman–Crippen MR) is 335 cm³/mol. The molecule has 2 aromatic carbocycles. The molecule has 510 valence electrons. The number of fused-ring (bicyclic) bond motifs is 1. The first kappa shape index (κ1) is 77.5. The van der Waals surface area contributed by atoms with E-state index in [1.807, 2.05) is 36.1 Å². The summed E-state index contributed by atoms with van der Waals surface area (Å²) in [5.74, 6) is -2.71. The van der Waals surface area contributed by atoms with Crippen LogP contribution >= 0.6 is 0 Å². The Labute approximate surface area is 531 Å². The number of carbonyl (C=O) groups is 3. The molecule has 2 aliphatic rings. The highest BCUT2D eigenvalue weighted by atomic mass is 32.2. The summed E-state index contributed by atoms with van der Waals surface area (Å²) in [6, 6.07) is 9.45. The van der Waals surface area contributed by atoms with Gasteiger partial charge in [-0.1, -0.05) is 39.0 Å². The molecular weight excluding hydrogens is 1220 g/mol. The standard InChI is InChI=1S/C62H97N3O23S2/c1-61(2,3)21-19-50(10-7-11-57-62(4,20-8-12-60(69)88-65-58(67)17-18-59(65)68)54-49-52(90(73,74)75)14-16-55(54)64(57)22-9-47-89(70,71)72)53-15-13-51(48-56(53)66)63(23-25-78-31-33-82-39-41-86-45-43-84-37-35-80-29-27-76-5)24-26-79-32-34-83-40-42-87-46-44-85-38-36-81-30-28-77-6/h7,10-11,13-16,19,48-49,66H,8-9,12,17-18,20-47H2,1-6H3,(H,70,71,72)(H,73,74,75)/b10-7+,50-19-,57-11-. The second-order valence-corrected chi connectivity index (χ2v) is 25.3. The highest BCUT2D eigenvalue weighted by Gasteiger charge is 2.44. The van der Waals surface area contributed by atoms with Crippen molar-refractivity contribution in [1.29, 1.82) is 0 Å². The predicted octanol–water partition coefficient (Wildman–Crippen LogP) is 6.00. The van der Waals surface area contributed by atoms with E-state index in [-0.39, 0.29) is 56.2 Å². The molecule has 90 heavy (non-hydrogen) atoms. The van der Waals surface area contributed by atoms with E-state index in [9.17, 15) is 45.4 Å². The van der Waals surface area contributed by atoms with Gasteiger partial charge in [0.1, 0.15) is 5.75 Å². The second kappa shape index (κ2) is 42.3. The number of anilines is 2. The highest BCUT2D eigenvalue weighted by molar-refractivity contribution is 7.86. The number of allylic oxidation sites excluding steroid dienone is 6. The van der Waals surface area contributed by atoms with Gasteiger partial charge >= 0.3 is 5.97 Å². The maximum Gasteiger partial charge on any atom is 0.333 e. The van der Waals surface area contributed by atoms with Gasteiger partial charge in [0, 0.05) is 87.2 Å². The van der Waals surface area contributed by atoms with E-state index in [1.165, 1.54) is 18.2 Å². The molecule has 26 nitrogen and oxygen atoms in total. The zero-order valence-electron chi connectivity index (χ0n) is 53.3. The van der Waals surface area contributed by atoms with Crippen molar-refractivity contribution in [3.05, 3.63) is 77.5 Å². The monoisotopic (exact) mass is 1320 g/mol. The average molecular weight is 1320 g/mol. The van der Waals surface area contributed by atoms with Crippen molar-refractivity contribution in [3.8, 4) is 5.75 Å². The third kappa shape index (κ3) is 30.2. The third-order valence-electron chi connectivity index (χ3n) is 14.0. The molecule has 0 saturated carbocycles. The lowest BCUT2D eigenvalue weighted by Gasteiger charge is -2.30. The lowest BCUT2D eigenvalue weighted by Crippen LogP contribution is -2.32. The van der Waals surface area contributed by atoms with Gasteiger partial charge in [-0.05, 0) is 85.6 Å². The number of carbonyl (C=O) groups excluding carboxylic acids is 3. The van der Waals surface area contributed by atoms with Gasteiger partial charge in [0.2, 0.25) is 0 Å². The topological polar surface area (TPSA) is 310 Å². The molecule has 0 radical (unpaired) electrons. The minimum Gasteiger partial charge on any atom is -0.507 e. The van der Waals surface area contributed by atoms with Gasteiger partial charge in [0.15, 0.2) is 0 Å². The molecule has 0 aliphatic carbocycles. The van der Waals surface area contributed by atoms with Crippen LogP contribution in [-0.4, -0.2) is 239 Å². The van der Waals surface area contributed by atoms with Crippen LogP contribution in [0.15, 0.2) is 71.3 Å². The summed E-state index contributed by atoms with van der Waals surface area (Å²) in [6.07, 6.45) is 7.77. The summed E-state index contributed by atoms with van der Waals surface area (Å²) in [6.45, 7) is 18.3.